The SMILES string of the molecule is COC(=O)[C@H](CN)Cc1ccc(Cl)cc1. The molecule has 0 bridgehead atoms. The number of rotatable bonds is 4. The Hall–Kier alpha value is -1.06. The second-order valence-electron chi connectivity index (χ2n) is 3.29. The molecule has 0 radical (unpaired) electrons. The molecule has 1 atom stereocenters. The lowest BCUT2D eigenvalue weighted by Crippen LogP contribution is -2.26. The van der Waals surface area contributed by atoms with E-state index in [9.17, 15) is 4.79 Å². The molecule has 1 aromatic rings. The fraction of sp³-hybridized carbons (Fsp3) is 0.364. The summed E-state index contributed by atoms with van der Waals surface area (Å²) >= 11 is 5.76. The van der Waals surface area contributed by atoms with Crippen LogP contribution in [0.5, 0.6) is 0 Å². The summed E-state index contributed by atoms with van der Waals surface area (Å²) in [6, 6.07) is 7.35. The highest BCUT2D eigenvalue weighted by molar-refractivity contribution is 6.30. The lowest BCUT2D eigenvalue weighted by atomic mass is 10.00. The Balaban J connectivity index is 2.66. The number of hydrogen-bond donors (Lipinski definition) is 1. The monoisotopic (exact) mass is 227 g/mol. The van der Waals surface area contributed by atoms with Crippen LogP contribution in [0.2, 0.25) is 5.02 Å². The number of benzene rings is 1. The Morgan fingerprint density at radius 1 is 1.47 bits per heavy atom. The number of methoxy groups -OCH3 is 1. The summed E-state index contributed by atoms with van der Waals surface area (Å²) in [5, 5.41) is 0.682. The molecule has 1 aromatic carbocycles. The summed E-state index contributed by atoms with van der Waals surface area (Å²) in [7, 11) is 1.37. The third-order valence-electron chi connectivity index (χ3n) is 2.21. The van der Waals surface area contributed by atoms with Crippen molar-refractivity contribution in [2.24, 2.45) is 11.7 Å². The topological polar surface area (TPSA) is 52.3 Å². The molecule has 82 valence electrons. The maximum atomic E-state index is 11.3. The van der Waals surface area contributed by atoms with Crippen molar-refractivity contribution in [1.82, 2.24) is 0 Å². The van der Waals surface area contributed by atoms with Crippen molar-refractivity contribution in [3.05, 3.63) is 34.9 Å². The zero-order valence-corrected chi connectivity index (χ0v) is 9.33. The number of carbonyl (C=O) groups excluding carboxylic acids is 1. The molecule has 0 spiro atoms. The van der Waals surface area contributed by atoms with Gasteiger partial charge in [0.1, 0.15) is 0 Å². The van der Waals surface area contributed by atoms with Gasteiger partial charge in [-0.3, -0.25) is 4.79 Å². The summed E-state index contributed by atoms with van der Waals surface area (Å²) < 4.78 is 4.65. The molecule has 0 aliphatic rings. The number of esters is 1. The lowest BCUT2D eigenvalue weighted by Gasteiger charge is -2.11. The number of ether oxygens (including phenoxy) is 1. The van der Waals surface area contributed by atoms with Crippen LogP contribution in [-0.4, -0.2) is 19.6 Å². The molecule has 2 N–H and O–H groups in total. The standard InChI is InChI=1S/C11H14ClNO2/c1-15-11(14)9(7-13)6-8-2-4-10(12)5-3-8/h2-5,9H,6-7,13H2,1H3/t9-/m0/s1. The molecule has 0 fully saturated rings. The normalized spacial score (nSPS) is 12.2. The zero-order valence-electron chi connectivity index (χ0n) is 8.57. The Morgan fingerprint density at radius 2 is 2.07 bits per heavy atom. The molecular weight excluding hydrogens is 214 g/mol. The van der Waals surface area contributed by atoms with Gasteiger partial charge in [-0.05, 0) is 24.1 Å². The highest BCUT2D eigenvalue weighted by Gasteiger charge is 2.17. The third kappa shape index (κ3) is 3.53. The number of hydrogen-bond acceptors (Lipinski definition) is 3. The largest absolute Gasteiger partial charge is 0.469 e. The van der Waals surface area contributed by atoms with Crippen LogP contribution in [0.3, 0.4) is 0 Å². The summed E-state index contributed by atoms with van der Waals surface area (Å²) in [5.41, 5.74) is 6.53. The molecule has 0 amide bonds. The van der Waals surface area contributed by atoms with Crippen LogP contribution >= 0.6 is 11.6 Å². The summed E-state index contributed by atoms with van der Waals surface area (Å²) in [5.74, 6) is -0.552. The van der Waals surface area contributed by atoms with Crippen LogP contribution in [-0.2, 0) is 16.0 Å². The van der Waals surface area contributed by atoms with Crippen molar-refractivity contribution in [1.29, 1.82) is 0 Å². The van der Waals surface area contributed by atoms with Gasteiger partial charge in [0.25, 0.3) is 0 Å². The molecule has 0 saturated carbocycles. The van der Waals surface area contributed by atoms with Crippen LogP contribution in [0.25, 0.3) is 0 Å². The minimum Gasteiger partial charge on any atom is -0.469 e. The average Bonchev–Trinajstić information content (AvgIpc) is 2.27. The quantitative estimate of drug-likeness (QED) is 0.796. The van der Waals surface area contributed by atoms with Crippen LogP contribution in [0, 0.1) is 5.92 Å². The minimum absolute atomic E-state index is 0.271. The average molecular weight is 228 g/mol. The van der Waals surface area contributed by atoms with E-state index in [-0.39, 0.29) is 18.4 Å². The maximum absolute atomic E-state index is 11.3. The van der Waals surface area contributed by atoms with Gasteiger partial charge >= 0.3 is 5.97 Å². The Kier molecular flexibility index (Phi) is 4.59. The van der Waals surface area contributed by atoms with Gasteiger partial charge in [0.2, 0.25) is 0 Å². The number of halogens is 1. The molecular formula is C11H14ClNO2. The molecule has 1 rings (SSSR count). The molecule has 15 heavy (non-hydrogen) atoms. The first-order valence-electron chi connectivity index (χ1n) is 4.69. The van der Waals surface area contributed by atoms with Crippen LogP contribution in [0.4, 0.5) is 0 Å². The molecule has 0 saturated heterocycles. The summed E-state index contributed by atoms with van der Waals surface area (Å²) in [6.45, 7) is 0.287. The number of nitrogens with two attached hydrogens (primary N) is 1. The van der Waals surface area contributed by atoms with Crippen molar-refractivity contribution in [2.45, 2.75) is 6.42 Å². The zero-order chi connectivity index (χ0) is 11.3. The van der Waals surface area contributed by atoms with E-state index in [1.165, 1.54) is 7.11 Å². The predicted molar refractivity (Wildman–Crippen MR) is 59.7 cm³/mol. The van der Waals surface area contributed by atoms with Gasteiger partial charge in [0.05, 0.1) is 13.0 Å². The Bertz CT molecular complexity index is 324. The van der Waals surface area contributed by atoms with Gasteiger partial charge in [-0.15, -0.1) is 0 Å². The fourth-order valence-electron chi connectivity index (χ4n) is 1.33. The van der Waals surface area contributed by atoms with Crippen molar-refractivity contribution in [2.75, 3.05) is 13.7 Å². The molecule has 0 unspecified atom stereocenters. The van der Waals surface area contributed by atoms with Crippen LogP contribution in [0.15, 0.2) is 24.3 Å². The van der Waals surface area contributed by atoms with E-state index >= 15 is 0 Å². The van der Waals surface area contributed by atoms with Gasteiger partial charge < -0.3 is 10.5 Å². The first kappa shape index (κ1) is 12.0. The van der Waals surface area contributed by atoms with E-state index in [1.54, 1.807) is 12.1 Å². The minimum atomic E-state index is -0.281. The van der Waals surface area contributed by atoms with Crippen LogP contribution in [0.1, 0.15) is 5.56 Å². The first-order chi connectivity index (χ1) is 7.17. The van der Waals surface area contributed by atoms with Crippen molar-refractivity contribution in [3.8, 4) is 0 Å². The summed E-state index contributed by atoms with van der Waals surface area (Å²) in [4.78, 5) is 11.3. The third-order valence-corrected chi connectivity index (χ3v) is 2.47. The predicted octanol–water partition coefficient (Wildman–Crippen LogP) is 1.63. The van der Waals surface area contributed by atoms with Crippen molar-refractivity contribution >= 4 is 17.6 Å². The lowest BCUT2D eigenvalue weighted by molar-refractivity contribution is -0.145. The Labute approximate surface area is 94.2 Å². The van der Waals surface area contributed by atoms with E-state index in [2.05, 4.69) is 4.74 Å². The van der Waals surface area contributed by atoms with Gasteiger partial charge in [-0.25, -0.2) is 0 Å². The summed E-state index contributed by atoms with van der Waals surface area (Å²) in [6.07, 6.45) is 0.584. The molecule has 3 nitrogen and oxygen atoms in total. The van der Waals surface area contributed by atoms with E-state index < -0.39 is 0 Å². The molecule has 0 aliphatic heterocycles. The first-order valence-corrected chi connectivity index (χ1v) is 5.07. The van der Waals surface area contributed by atoms with Crippen molar-refractivity contribution in [3.63, 3.8) is 0 Å². The van der Waals surface area contributed by atoms with Gasteiger partial charge in [-0.1, -0.05) is 23.7 Å². The molecule has 4 heteroatoms. The second-order valence-corrected chi connectivity index (χ2v) is 3.72. The van der Waals surface area contributed by atoms with Crippen molar-refractivity contribution < 1.29 is 9.53 Å². The highest BCUT2D eigenvalue weighted by atomic mass is 35.5. The van der Waals surface area contributed by atoms with E-state index in [0.29, 0.717) is 11.4 Å². The Morgan fingerprint density at radius 3 is 2.53 bits per heavy atom. The smallest absolute Gasteiger partial charge is 0.310 e. The fourth-order valence-corrected chi connectivity index (χ4v) is 1.46. The second kappa shape index (κ2) is 5.73. The van der Waals surface area contributed by atoms with E-state index in [1.807, 2.05) is 12.1 Å². The van der Waals surface area contributed by atoms with Gasteiger partial charge in [0, 0.05) is 11.6 Å². The molecule has 0 aliphatic carbocycles. The maximum Gasteiger partial charge on any atom is 0.310 e. The van der Waals surface area contributed by atoms with E-state index in [4.69, 9.17) is 17.3 Å². The van der Waals surface area contributed by atoms with Gasteiger partial charge in [0.15, 0.2) is 0 Å². The number of carbonyl (C=O) groups is 1. The molecule has 0 aromatic heterocycles. The van der Waals surface area contributed by atoms with Crippen LogP contribution < -0.4 is 5.73 Å². The molecule has 0 heterocycles. The highest BCUT2D eigenvalue weighted by Crippen LogP contribution is 2.13. The van der Waals surface area contributed by atoms with E-state index in [0.717, 1.165) is 5.56 Å². The van der Waals surface area contributed by atoms with Gasteiger partial charge in [-0.2, -0.15) is 0 Å².